The molecule has 0 bridgehead atoms. The van der Waals surface area contributed by atoms with E-state index in [0.717, 1.165) is 9.92 Å². The summed E-state index contributed by atoms with van der Waals surface area (Å²) in [6.45, 7) is 4.03. The molecular formula is C12H14ClN3OS. The average Bonchev–Trinajstić information content (AvgIpc) is 2.75. The monoisotopic (exact) mass is 283 g/mol. The third-order valence-corrected chi connectivity index (χ3v) is 3.58. The second kappa shape index (κ2) is 6.11. The smallest absolute Gasteiger partial charge is 0.321 e. The molecule has 1 heterocycles. The SMILES string of the molecule is CC(C)Nc1nc(CSc2ccccc2Cl)no1. The second-order valence-corrected chi connectivity index (χ2v) is 5.46. The van der Waals surface area contributed by atoms with E-state index in [4.69, 9.17) is 16.1 Å². The maximum Gasteiger partial charge on any atom is 0.321 e. The molecule has 0 atom stereocenters. The number of hydrogen-bond acceptors (Lipinski definition) is 5. The lowest BCUT2D eigenvalue weighted by molar-refractivity contribution is 0.422. The third kappa shape index (κ3) is 3.65. The summed E-state index contributed by atoms with van der Waals surface area (Å²) in [6.07, 6.45) is 0. The Balaban J connectivity index is 1.94. The van der Waals surface area contributed by atoms with Gasteiger partial charge in [0, 0.05) is 10.9 Å². The molecule has 0 saturated heterocycles. The summed E-state index contributed by atoms with van der Waals surface area (Å²) in [4.78, 5) is 5.26. The highest BCUT2D eigenvalue weighted by Gasteiger charge is 2.08. The molecule has 18 heavy (non-hydrogen) atoms. The number of anilines is 1. The van der Waals surface area contributed by atoms with E-state index in [-0.39, 0.29) is 6.04 Å². The first-order valence-corrected chi connectivity index (χ1v) is 6.98. The van der Waals surface area contributed by atoms with Gasteiger partial charge in [0.25, 0.3) is 0 Å². The van der Waals surface area contributed by atoms with Crippen LogP contribution in [0.25, 0.3) is 0 Å². The molecule has 1 aromatic heterocycles. The van der Waals surface area contributed by atoms with Crippen LogP contribution in [0.2, 0.25) is 5.02 Å². The molecule has 0 spiro atoms. The minimum absolute atomic E-state index is 0.273. The topological polar surface area (TPSA) is 51.0 Å². The molecule has 0 unspecified atom stereocenters. The minimum atomic E-state index is 0.273. The van der Waals surface area contributed by atoms with Gasteiger partial charge in [-0.2, -0.15) is 4.98 Å². The van der Waals surface area contributed by atoms with Crippen molar-refractivity contribution in [2.24, 2.45) is 0 Å². The van der Waals surface area contributed by atoms with Crippen LogP contribution in [0.5, 0.6) is 0 Å². The van der Waals surface area contributed by atoms with Crippen LogP contribution >= 0.6 is 23.4 Å². The van der Waals surface area contributed by atoms with E-state index in [0.29, 0.717) is 17.6 Å². The van der Waals surface area contributed by atoms with E-state index < -0.39 is 0 Å². The summed E-state index contributed by atoms with van der Waals surface area (Å²) >= 11 is 7.65. The molecule has 2 aromatic rings. The van der Waals surface area contributed by atoms with E-state index >= 15 is 0 Å². The summed E-state index contributed by atoms with van der Waals surface area (Å²) < 4.78 is 5.08. The second-order valence-electron chi connectivity index (χ2n) is 4.03. The number of aromatic nitrogens is 2. The van der Waals surface area contributed by atoms with Gasteiger partial charge in [0.05, 0.1) is 10.8 Å². The molecule has 0 fully saturated rings. The largest absolute Gasteiger partial charge is 0.336 e. The molecule has 0 amide bonds. The van der Waals surface area contributed by atoms with Crippen molar-refractivity contribution in [3.63, 3.8) is 0 Å². The maximum absolute atomic E-state index is 6.07. The van der Waals surface area contributed by atoms with E-state index in [1.165, 1.54) is 0 Å². The van der Waals surface area contributed by atoms with E-state index in [9.17, 15) is 0 Å². The maximum atomic E-state index is 6.07. The lowest BCUT2D eigenvalue weighted by Crippen LogP contribution is -2.09. The Kier molecular flexibility index (Phi) is 4.49. The molecule has 4 nitrogen and oxygen atoms in total. The summed E-state index contributed by atoms with van der Waals surface area (Å²) in [6, 6.07) is 8.43. The van der Waals surface area contributed by atoms with Crippen LogP contribution in [0.1, 0.15) is 19.7 Å². The third-order valence-electron chi connectivity index (χ3n) is 2.07. The first-order valence-electron chi connectivity index (χ1n) is 5.61. The van der Waals surface area contributed by atoms with Crippen LogP contribution in [0.4, 0.5) is 6.01 Å². The Hall–Kier alpha value is -1.20. The number of nitrogens with one attached hydrogen (secondary N) is 1. The van der Waals surface area contributed by atoms with Crippen molar-refractivity contribution in [2.45, 2.75) is 30.5 Å². The molecule has 96 valence electrons. The van der Waals surface area contributed by atoms with Gasteiger partial charge in [-0.3, -0.25) is 0 Å². The van der Waals surface area contributed by atoms with Crippen LogP contribution in [-0.2, 0) is 5.75 Å². The number of hydrogen-bond donors (Lipinski definition) is 1. The number of halogens is 1. The Bertz CT molecular complexity index is 516. The number of nitrogens with zero attached hydrogens (tertiary/aromatic N) is 2. The molecule has 0 radical (unpaired) electrons. The van der Waals surface area contributed by atoms with E-state index in [2.05, 4.69) is 15.5 Å². The predicted molar refractivity (Wildman–Crippen MR) is 74.1 cm³/mol. The fourth-order valence-electron chi connectivity index (χ4n) is 1.32. The van der Waals surface area contributed by atoms with E-state index in [1.807, 2.05) is 38.1 Å². The van der Waals surface area contributed by atoms with Crippen molar-refractivity contribution < 1.29 is 4.52 Å². The highest BCUT2D eigenvalue weighted by Crippen LogP contribution is 2.28. The first-order chi connectivity index (χ1) is 8.65. The molecule has 1 N–H and O–H groups in total. The standard InChI is InChI=1S/C12H14ClN3OS/c1-8(2)14-12-15-11(16-17-12)7-18-10-6-4-3-5-9(10)13/h3-6,8H,7H2,1-2H3,(H,14,15,16). The van der Waals surface area contributed by atoms with Gasteiger partial charge in [0.2, 0.25) is 0 Å². The van der Waals surface area contributed by atoms with Crippen molar-refractivity contribution >= 4 is 29.4 Å². The van der Waals surface area contributed by atoms with Crippen molar-refractivity contribution in [3.8, 4) is 0 Å². The Morgan fingerprint density at radius 1 is 1.39 bits per heavy atom. The van der Waals surface area contributed by atoms with Gasteiger partial charge >= 0.3 is 6.01 Å². The van der Waals surface area contributed by atoms with Gasteiger partial charge in [-0.15, -0.1) is 11.8 Å². The molecule has 0 aliphatic carbocycles. The average molecular weight is 284 g/mol. The molecule has 2 rings (SSSR count). The molecular weight excluding hydrogens is 270 g/mol. The molecule has 0 aliphatic rings. The van der Waals surface area contributed by atoms with Gasteiger partial charge < -0.3 is 9.84 Å². The van der Waals surface area contributed by atoms with Gasteiger partial charge in [-0.1, -0.05) is 28.9 Å². The van der Waals surface area contributed by atoms with Crippen molar-refractivity contribution in [2.75, 3.05) is 5.32 Å². The summed E-state index contributed by atoms with van der Waals surface area (Å²) in [7, 11) is 0. The normalized spacial score (nSPS) is 10.9. The lowest BCUT2D eigenvalue weighted by atomic mass is 10.4. The van der Waals surface area contributed by atoms with Crippen LogP contribution in [-0.4, -0.2) is 16.2 Å². The van der Waals surface area contributed by atoms with E-state index in [1.54, 1.807) is 11.8 Å². The first kappa shape index (κ1) is 13.2. The number of rotatable bonds is 5. The number of thioether (sulfide) groups is 1. The minimum Gasteiger partial charge on any atom is -0.336 e. The molecule has 6 heteroatoms. The highest BCUT2D eigenvalue weighted by atomic mass is 35.5. The zero-order chi connectivity index (χ0) is 13.0. The zero-order valence-corrected chi connectivity index (χ0v) is 11.8. The lowest BCUT2D eigenvalue weighted by Gasteiger charge is -2.02. The molecule has 0 saturated carbocycles. The summed E-state index contributed by atoms with van der Waals surface area (Å²) in [5.41, 5.74) is 0. The quantitative estimate of drug-likeness (QED) is 0.845. The van der Waals surface area contributed by atoms with Gasteiger partial charge in [0.15, 0.2) is 5.82 Å². The van der Waals surface area contributed by atoms with Crippen LogP contribution in [0.15, 0.2) is 33.7 Å². The number of benzene rings is 1. The van der Waals surface area contributed by atoms with Crippen LogP contribution in [0.3, 0.4) is 0 Å². The Morgan fingerprint density at radius 2 is 2.17 bits per heavy atom. The Labute approximate surface area is 115 Å². The van der Waals surface area contributed by atoms with Crippen molar-refractivity contribution in [1.82, 2.24) is 10.1 Å². The van der Waals surface area contributed by atoms with Crippen molar-refractivity contribution in [1.29, 1.82) is 0 Å². The molecule has 0 aliphatic heterocycles. The fraction of sp³-hybridized carbons (Fsp3) is 0.333. The fourth-order valence-corrected chi connectivity index (χ4v) is 2.40. The predicted octanol–water partition coefficient (Wildman–Crippen LogP) is 3.84. The summed E-state index contributed by atoms with van der Waals surface area (Å²) in [5.74, 6) is 1.29. The van der Waals surface area contributed by atoms with Gasteiger partial charge in [0.1, 0.15) is 0 Å². The molecule has 1 aromatic carbocycles. The van der Waals surface area contributed by atoms with Crippen LogP contribution in [0, 0.1) is 0 Å². The van der Waals surface area contributed by atoms with Gasteiger partial charge in [-0.25, -0.2) is 0 Å². The Morgan fingerprint density at radius 3 is 2.89 bits per heavy atom. The van der Waals surface area contributed by atoms with Gasteiger partial charge in [-0.05, 0) is 26.0 Å². The zero-order valence-electron chi connectivity index (χ0n) is 10.2. The van der Waals surface area contributed by atoms with Crippen molar-refractivity contribution in [3.05, 3.63) is 35.1 Å². The van der Waals surface area contributed by atoms with Crippen LogP contribution < -0.4 is 5.32 Å². The summed E-state index contributed by atoms with van der Waals surface area (Å²) in [5, 5.41) is 7.70. The highest BCUT2D eigenvalue weighted by molar-refractivity contribution is 7.98.